The lowest BCUT2D eigenvalue weighted by Gasteiger charge is -2.46. The molecule has 1 fully saturated rings. The molecule has 0 unspecified atom stereocenters. The highest BCUT2D eigenvalue weighted by molar-refractivity contribution is 5.50. The molecule has 0 radical (unpaired) electrons. The highest BCUT2D eigenvalue weighted by Gasteiger charge is 2.37. The van der Waals surface area contributed by atoms with Gasteiger partial charge < -0.3 is 14.6 Å². The zero-order chi connectivity index (χ0) is 25.4. The van der Waals surface area contributed by atoms with Gasteiger partial charge in [0.15, 0.2) is 11.5 Å². The lowest BCUT2D eigenvalue weighted by atomic mass is 9.83. The molecule has 2 heterocycles. The summed E-state index contributed by atoms with van der Waals surface area (Å²) >= 11 is 0. The number of piperidine rings is 1. The number of hydrogen-bond donors (Lipinski definition) is 1. The second kappa shape index (κ2) is 10.3. The second-order valence-electron chi connectivity index (χ2n) is 11.0. The third kappa shape index (κ3) is 5.45. The Bertz CT molecular complexity index is 1210. The second-order valence-corrected chi connectivity index (χ2v) is 11.0. The van der Waals surface area contributed by atoms with Crippen molar-refractivity contribution in [1.82, 2.24) is 4.90 Å². The molecule has 5 rings (SSSR count). The first-order valence-corrected chi connectivity index (χ1v) is 13.3. The van der Waals surface area contributed by atoms with Crippen molar-refractivity contribution in [1.29, 1.82) is 0 Å². The highest BCUT2D eigenvalue weighted by atomic mass is 16.5. The summed E-state index contributed by atoms with van der Waals surface area (Å²) < 4.78 is 12.9. The van der Waals surface area contributed by atoms with Gasteiger partial charge in [0.25, 0.3) is 0 Å². The fraction of sp³-hybridized carbons (Fsp3) is 0.438. The molecular formula is C32H39NO3. The summed E-state index contributed by atoms with van der Waals surface area (Å²) in [5.41, 5.74) is 9.89. The Morgan fingerprint density at radius 1 is 0.750 bits per heavy atom. The fourth-order valence-electron chi connectivity index (χ4n) is 6.25. The summed E-state index contributed by atoms with van der Waals surface area (Å²) in [6.07, 6.45) is 2.35. The van der Waals surface area contributed by atoms with Crippen molar-refractivity contribution in [3.63, 3.8) is 0 Å². The van der Waals surface area contributed by atoms with E-state index in [2.05, 4.69) is 88.0 Å². The van der Waals surface area contributed by atoms with Gasteiger partial charge in [0, 0.05) is 18.6 Å². The molecule has 0 spiro atoms. The minimum absolute atomic E-state index is 0.226. The molecule has 0 amide bonds. The molecule has 0 saturated carbocycles. The number of rotatable bonds is 6. The van der Waals surface area contributed by atoms with E-state index >= 15 is 0 Å². The van der Waals surface area contributed by atoms with Crippen LogP contribution in [0.4, 0.5) is 0 Å². The van der Waals surface area contributed by atoms with Crippen molar-refractivity contribution in [3.8, 4) is 11.5 Å². The molecule has 3 atom stereocenters. The predicted molar refractivity (Wildman–Crippen MR) is 145 cm³/mol. The summed E-state index contributed by atoms with van der Waals surface area (Å²) in [4.78, 5) is 2.55. The van der Waals surface area contributed by atoms with E-state index in [-0.39, 0.29) is 12.1 Å². The Hall–Kier alpha value is -2.82. The van der Waals surface area contributed by atoms with Gasteiger partial charge in [0.05, 0.1) is 6.10 Å². The van der Waals surface area contributed by atoms with Gasteiger partial charge in [-0.05, 0) is 88.3 Å². The van der Waals surface area contributed by atoms with Crippen LogP contribution in [0.3, 0.4) is 0 Å². The predicted octanol–water partition coefficient (Wildman–Crippen LogP) is 6.52. The number of fused-ring (bicyclic) bond motifs is 3. The average Bonchev–Trinajstić information content (AvgIpc) is 2.79. The molecule has 3 aromatic carbocycles. The van der Waals surface area contributed by atoms with Crippen molar-refractivity contribution in [2.45, 2.75) is 85.3 Å². The van der Waals surface area contributed by atoms with E-state index in [1.54, 1.807) is 0 Å². The molecule has 4 heteroatoms. The zero-order valence-electron chi connectivity index (χ0n) is 22.3. The number of aliphatic hydroxyl groups excluding tert-OH is 1. The van der Waals surface area contributed by atoms with Crippen molar-refractivity contribution in [3.05, 3.63) is 93.0 Å². The van der Waals surface area contributed by atoms with Gasteiger partial charge >= 0.3 is 0 Å². The summed E-state index contributed by atoms with van der Waals surface area (Å²) in [7, 11) is 0. The first kappa shape index (κ1) is 24.9. The number of nitrogens with zero attached hydrogens (tertiary/aromatic N) is 1. The minimum atomic E-state index is -0.257. The van der Waals surface area contributed by atoms with Crippen LogP contribution in [0.5, 0.6) is 11.5 Å². The molecule has 36 heavy (non-hydrogen) atoms. The van der Waals surface area contributed by atoms with Crippen LogP contribution in [0.25, 0.3) is 0 Å². The van der Waals surface area contributed by atoms with Crippen LogP contribution in [0, 0.1) is 27.7 Å². The van der Waals surface area contributed by atoms with E-state index in [1.165, 1.54) is 38.9 Å². The van der Waals surface area contributed by atoms with E-state index in [4.69, 9.17) is 9.47 Å². The molecule has 190 valence electrons. The van der Waals surface area contributed by atoms with Crippen LogP contribution in [0.2, 0.25) is 0 Å². The van der Waals surface area contributed by atoms with Crippen molar-refractivity contribution in [2.24, 2.45) is 0 Å². The Kier molecular flexibility index (Phi) is 7.09. The number of hydrogen-bond acceptors (Lipinski definition) is 4. The molecule has 4 nitrogen and oxygen atoms in total. The quantitative estimate of drug-likeness (QED) is 0.432. The lowest BCUT2D eigenvalue weighted by Crippen LogP contribution is -2.48. The Labute approximate surface area is 215 Å². The van der Waals surface area contributed by atoms with Gasteiger partial charge in [-0.25, -0.2) is 0 Å². The van der Waals surface area contributed by atoms with Gasteiger partial charge in [-0.3, -0.25) is 4.90 Å². The van der Waals surface area contributed by atoms with E-state index < -0.39 is 0 Å². The Balaban J connectivity index is 1.46. The van der Waals surface area contributed by atoms with Crippen LogP contribution in [0.1, 0.15) is 70.3 Å². The largest absolute Gasteiger partial charge is 0.485 e. The Morgan fingerprint density at radius 2 is 1.28 bits per heavy atom. The lowest BCUT2D eigenvalue weighted by molar-refractivity contribution is 0.000925. The van der Waals surface area contributed by atoms with E-state index in [0.29, 0.717) is 19.3 Å². The van der Waals surface area contributed by atoms with Crippen molar-refractivity contribution >= 4 is 0 Å². The molecule has 1 saturated heterocycles. The number of ether oxygens (including phenoxy) is 2. The van der Waals surface area contributed by atoms with Crippen molar-refractivity contribution < 1.29 is 14.6 Å². The van der Waals surface area contributed by atoms with Gasteiger partial charge in [-0.1, -0.05) is 58.7 Å². The summed E-state index contributed by atoms with van der Waals surface area (Å²) in [5.74, 6) is 1.59. The Morgan fingerprint density at radius 3 is 1.83 bits per heavy atom. The summed E-state index contributed by atoms with van der Waals surface area (Å²) in [6.45, 7) is 12.7. The standard InChI is InChI=1S/C32H39NO3/c1-20-8-21(2)11-25(10-20)18-35-31-15-27-6-7-33-24(5)14-28(34)16-30(33)29(27)17-32(31)36-19-26-12-22(3)9-23(4)13-26/h8-13,15,17,24,28,30,34H,6-7,14,16,18-19H2,1-5H3/t24-,28-,30+/m1/s1. The number of aliphatic hydroxyl groups is 1. The summed E-state index contributed by atoms with van der Waals surface area (Å²) in [6, 6.07) is 18.1. The number of benzene rings is 3. The maximum absolute atomic E-state index is 10.5. The molecule has 0 aromatic heterocycles. The molecule has 2 aliphatic rings. The molecule has 2 aliphatic heterocycles. The molecular weight excluding hydrogens is 446 g/mol. The van der Waals surface area contributed by atoms with Gasteiger partial charge in [0.1, 0.15) is 13.2 Å². The first-order chi connectivity index (χ1) is 17.2. The van der Waals surface area contributed by atoms with Gasteiger partial charge in [-0.15, -0.1) is 0 Å². The molecule has 1 N–H and O–H groups in total. The van der Waals surface area contributed by atoms with Crippen LogP contribution in [-0.4, -0.2) is 28.7 Å². The van der Waals surface area contributed by atoms with E-state index in [1.807, 2.05) is 0 Å². The maximum atomic E-state index is 10.5. The maximum Gasteiger partial charge on any atom is 0.162 e. The van der Waals surface area contributed by atoms with Crippen LogP contribution < -0.4 is 9.47 Å². The average molecular weight is 486 g/mol. The SMILES string of the molecule is Cc1cc(C)cc(COc2cc3c(cc2OCc2cc(C)cc(C)c2)[C@@H]2C[C@H](O)C[C@@H](C)N2CC3)c1. The topological polar surface area (TPSA) is 41.9 Å². The zero-order valence-corrected chi connectivity index (χ0v) is 22.3. The van der Waals surface area contributed by atoms with Gasteiger partial charge in [-0.2, -0.15) is 0 Å². The third-order valence-electron chi connectivity index (χ3n) is 7.63. The normalized spacial score (nSPS) is 21.6. The highest BCUT2D eigenvalue weighted by Crippen LogP contribution is 2.44. The van der Waals surface area contributed by atoms with Gasteiger partial charge in [0.2, 0.25) is 0 Å². The van der Waals surface area contributed by atoms with Crippen LogP contribution >= 0.6 is 0 Å². The van der Waals surface area contributed by atoms with Crippen LogP contribution in [0.15, 0.2) is 48.5 Å². The van der Waals surface area contributed by atoms with E-state index in [0.717, 1.165) is 42.9 Å². The minimum Gasteiger partial charge on any atom is -0.485 e. The first-order valence-electron chi connectivity index (χ1n) is 13.3. The summed E-state index contributed by atoms with van der Waals surface area (Å²) in [5, 5.41) is 10.5. The molecule has 0 aliphatic carbocycles. The number of aryl methyl sites for hydroxylation is 4. The monoisotopic (exact) mass is 485 g/mol. The fourth-order valence-corrected chi connectivity index (χ4v) is 6.25. The molecule has 0 bridgehead atoms. The van der Waals surface area contributed by atoms with Crippen LogP contribution in [-0.2, 0) is 19.6 Å². The smallest absolute Gasteiger partial charge is 0.162 e. The van der Waals surface area contributed by atoms with E-state index in [9.17, 15) is 5.11 Å². The third-order valence-corrected chi connectivity index (χ3v) is 7.63. The van der Waals surface area contributed by atoms with Crippen molar-refractivity contribution in [2.75, 3.05) is 6.54 Å². The molecule has 3 aromatic rings.